The average molecular weight is 276 g/mol. The summed E-state index contributed by atoms with van der Waals surface area (Å²) in [5.41, 5.74) is 0. The fraction of sp³-hybridized carbons (Fsp3) is 0.556. The van der Waals surface area contributed by atoms with Gasteiger partial charge >= 0.3 is 0 Å². The van der Waals surface area contributed by atoms with Gasteiger partial charge < -0.3 is 20.2 Å². The highest BCUT2D eigenvalue weighted by Gasteiger charge is 2.23. The van der Waals surface area contributed by atoms with Crippen molar-refractivity contribution >= 4 is 22.0 Å². The largest absolute Gasteiger partial charge is 0.475 e. The van der Waals surface area contributed by atoms with E-state index in [0.29, 0.717) is 6.54 Å². The van der Waals surface area contributed by atoms with Gasteiger partial charge in [-0.15, -0.1) is 4.36 Å². The second-order valence-corrected chi connectivity index (χ2v) is 5.33. The van der Waals surface area contributed by atoms with Crippen molar-refractivity contribution in [1.82, 2.24) is 5.32 Å². The van der Waals surface area contributed by atoms with Crippen LogP contribution in [-0.2, 0) is 24.2 Å². The molecule has 1 heterocycles. The Morgan fingerprint density at radius 2 is 2.44 bits per heavy atom. The summed E-state index contributed by atoms with van der Waals surface area (Å²) in [6.07, 6.45) is 0.629. The highest BCUT2D eigenvalue weighted by molar-refractivity contribution is 7.96. The molecule has 2 atom stereocenters. The predicted molar refractivity (Wildman–Crippen MR) is 66.0 cm³/mol. The van der Waals surface area contributed by atoms with Gasteiger partial charge in [0.25, 0.3) is 5.91 Å². The van der Waals surface area contributed by atoms with E-state index in [-0.39, 0.29) is 23.5 Å². The van der Waals surface area contributed by atoms with Crippen LogP contribution in [0.25, 0.3) is 0 Å². The van der Waals surface area contributed by atoms with Crippen molar-refractivity contribution < 1.29 is 18.5 Å². The number of rotatable bonds is 3. The van der Waals surface area contributed by atoms with Gasteiger partial charge in [0.2, 0.25) is 5.88 Å². The van der Waals surface area contributed by atoms with Crippen LogP contribution < -0.4 is 10.5 Å². The highest BCUT2D eigenvalue weighted by atomic mass is 32.2. The molecule has 0 spiro atoms. The van der Waals surface area contributed by atoms with E-state index in [0.717, 1.165) is 13.1 Å². The number of hydrogen-bond acceptors (Lipinski definition) is 6. The molecule has 1 aliphatic heterocycles. The Morgan fingerprint density at radius 3 is 2.83 bits per heavy atom. The minimum absolute atomic E-state index is 0.0933. The number of carbonyl (C=O) groups excluding carboxylic acids is 1. The molecule has 1 saturated heterocycles. The number of nitrogens with two attached hydrogens (primary N) is 1. The quantitative estimate of drug-likeness (QED) is 0.589. The smallest absolute Gasteiger partial charge is 0.251 e. The Morgan fingerprint density at radius 1 is 1.78 bits per heavy atom. The predicted octanol–water partition coefficient (Wildman–Crippen LogP) is -0.672. The summed E-state index contributed by atoms with van der Waals surface area (Å²) in [4.78, 5) is 10.7. The first kappa shape index (κ1) is 14.6. The Labute approximate surface area is 105 Å². The maximum absolute atomic E-state index is 12.0. The van der Waals surface area contributed by atoms with Crippen LogP contribution in [0.15, 0.2) is 15.2 Å². The van der Waals surface area contributed by atoms with Gasteiger partial charge in [-0.05, 0) is 0 Å². The number of methoxy groups -OCH3 is 1. The summed E-state index contributed by atoms with van der Waals surface area (Å²) in [7, 11) is -1.92. The van der Waals surface area contributed by atoms with Crippen LogP contribution in [0.3, 0.4) is 0 Å². The molecule has 1 fully saturated rings. The molecule has 102 valence electrons. The van der Waals surface area contributed by atoms with Crippen LogP contribution in [-0.4, -0.2) is 42.7 Å². The van der Waals surface area contributed by atoms with E-state index in [9.17, 15) is 9.00 Å². The molecule has 0 aromatic rings. The summed E-state index contributed by atoms with van der Waals surface area (Å²) in [5, 5.41) is 15.5. The molecule has 9 heteroatoms. The van der Waals surface area contributed by atoms with Crippen LogP contribution in [0.1, 0.15) is 6.92 Å². The van der Waals surface area contributed by atoms with E-state index in [1.807, 2.05) is 0 Å². The van der Waals surface area contributed by atoms with E-state index in [1.165, 1.54) is 0 Å². The molecule has 0 aliphatic carbocycles. The number of nitrogens with zero attached hydrogens (tertiary/aromatic N) is 1. The van der Waals surface area contributed by atoms with Crippen molar-refractivity contribution in [2.45, 2.75) is 13.0 Å². The van der Waals surface area contributed by atoms with Crippen LogP contribution in [0.4, 0.5) is 0 Å². The molecule has 0 aromatic carbocycles. The Balaban J connectivity index is 3.08. The standard InChI is InChI=1S/C9H16N4O4S/c1-6(14)13-18(11,15)8(3-10)9-12-4-7(16-2)5-17-9/h3,7,10,12H,4-5H2,1-2H3,(H2,11,13,14,15)/b9-8-,10-3?/t7-,18?/m1/s1. The fourth-order valence-corrected chi connectivity index (χ4v) is 2.37. The number of hydrogen-bond donors (Lipinski definition) is 3. The molecule has 1 aliphatic rings. The molecule has 1 rings (SSSR count). The fourth-order valence-electron chi connectivity index (χ4n) is 1.33. The molecule has 0 radical (unpaired) electrons. The van der Waals surface area contributed by atoms with Gasteiger partial charge in [-0.25, -0.2) is 9.35 Å². The van der Waals surface area contributed by atoms with E-state index in [2.05, 4.69) is 9.68 Å². The number of amides is 1. The van der Waals surface area contributed by atoms with Gasteiger partial charge in [0.15, 0.2) is 0 Å². The molecular weight excluding hydrogens is 260 g/mol. The summed E-state index contributed by atoms with van der Waals surface area (Å²) >= 11 is 0. The molecule has 0 aromatic heterocycles. The number of nitrogens with one attached hydrogen (secondary N) is 2. The van der Waals surface area contributed by atoms with E-state index in [1.54, 1.807) is 7.11 Å². The molecule has 18 heavy (non-hydrogen) atoms. The van der Waals surface area contributed by atoms with E-state index >= 15 is 0 Å². The van der Waals surface area contributed by atoms with Crippen molar-refractivity contribution in [3.05, 3.63) is 10.8 Å². The number of ether oxygens (including phenoxy) is 2. The zero-order valence-electron chi connectivity index (χ0n) is 10.1. The van der Waals surface area contributed by atoms with Crippen molar-refractivity contribution in [2.75, 3.05) is 20.3 Å². The lowest BCUT2D eigenvalue weighted by molar-refractivity contribution is -0.115. The van der Waals surface area contributed by atoms with Crippen LogP contribution in [0.2, 0.25) is 0 Å². The van der Waals surface area contributed by atoms with E-state index in [4.69, 9.17) is 20.0 Å². The summed E-state index contributed by atoms with van der Waals surface area (Å²) in [6, 6.07) is 0. The van der Waals surface area contributed by atoms with Crippen LogP contribution >= 0.6 is 0 Å². The summed E-state index contributed by atoms with van der Waals surface area (Å²) in [6.45, 7) is 1.80. The zero-order chi connectivity index (χ0) is 13.8. The first-order valence-electron chi connectivity index (χ1n) is 5.10. The normalized spacial score (nSPS) is 25.2. The maximum atomic E-state index is 12.0. The molecular formula is C9H16N4O4S. The molecule has 1 unspecified atom stereocenters. The van der Waals surface area contributed by atoms with Crippen molar-refractivity contribution in [3.8, 4) is 0 Å². The highest BCUT2D eigenvalue weighted by Crippen LogP contribution is 2.13. The molecule has 0 bridgehead atoms. The average Bonchev–Trinajstić information content (AvgIpc) is 2.28. The second kappa shape index (κ2) is 5.94. The van der Waals surface area contributed by atoms with Crippen molar-refractivity contribution in [3.63, 3.8) is 0 Å². The maximum Gasteiger partial charge on any atom is 0.251 e. The van der Waals surface area contributed by atoms with Gasteiger partial charge in [0.1, 0.15) is 27.5 Å². The number of allylic oxidation sites excluding steroid dienone is 1. The Bertz CT molecular complexity index is 483. The molecule has 0 saturated carbocycles. The van der Waals surface area contributed by atoms with E-state index < -0.39 is 15.8 Å². The lowest BCUT2D eigenvalue weighted by Gasteiger charge is -2.26. The Kier molecular flexibility index (Phi) is 4.82. The topological polar surface area (TPSA) is 127 Å². The first-order chi connectivity index (χ1) is 8.40. The minimum atomic E-state index is -3.46. The minimum Gasteiger partial charge on any atom is -0.475 e. The van der Waals surface area contributed by atoms with Gasteiger partial charge in [-0.3, -0.25) is 4.79 Å². The second-order valence-electron chi connectivity index (χ2n) is 3.57. The van der Waals surface area contributed by atoms with Gasteiger partial charge in [-0.1, -0.05) is 0 Å². The zero-order valence-corrected chi connectivity index (χ0v) is 11.0. The Hall–Kier alpha value is -1.45. The third-order valence-electron chi connectivity index (χ3n) is 2.17. The van der Waals surface area contributed by atoms with Crippen LogP contribution in [0.5, 0.6) is 0 Å². The number of carbonyl (C=O) groups is 1. The lowest BCUT2D eigenvalue weighted by atomic mass is 10.3. The first-order valence-corrected chi connectivity index (χ1v) is 6.68. The van der Waals surface area contributed by atoms with Crippen molar-refractivity contribution in [2.24, 2.45) is 9.50 Å². The lowest BCUT2D eigenvalue weighted by Crippen LogP contribution is -2.40. The van der Waals surface area contributed by atoms with Gasteiger partial charge in [-0.2, -0.15) is 0 Å². The van der Waals surface area contributed by atoms with Crippen LogP contribution in [0, 0.1) is 5.41 Å². The molecule has 1 amide bonds. The molecule has 8 nitrogen and oxygen atoms in total. The van der Waals surface area contributed by atoms with Gasteiger partial charge in [0, 0.05) is 26.8 Å². The van der Waals surface area contributed by atoms with Crippen molar-refractivity contribution in [1.29, 1.82) is 5.41 Å². The monoisotopic (exact) mass is 276 g/mol. The summed E-state index contributed by atoms with van der Waals surface area (Å²) in [5.74, 6) is -0.580. The third-order valence-corrected chi connectivity index (χ3v) is 3.63. The third kappa shape index (κ3) is 3.52. The summed E-state index contributed by atoms with van der Waals surface area (Å²) < 4.78 is 25.6. The SMILES string of the molecule is CO[C@@H]1CN/C(=C(\C=N)S(N)(=O)=NC(C)=O)OC1. The molecule has 4 N–H and O–H groups in total. The van der Waals surface area contributed by atoms with Gasteiger partial charge in [0.05, 0.1) is 0 Å².